The summed E-state index contributed by atoms with van der Waals surface area (Å²) in [4.78, 5) is 17.5. The number of nitrogens with zero attached hydrogens (tertiary/aromatic N) is 5. The topological polar surface area (TPSA) is 77.1 Å². The van der Waals surface area contributed by atoms with Crippen LogP contribution in [0.4, 0.5) is 13.2 Å². The molecule has 0 fully saturated rings. The van der Waals surface area contributed by atoms with E-state index >= 15 is 0 Å². The van der Waals surface area contributed by atoms with Crippen LogP contribution < -0.4 is 5.32 Å². The number of thiophene rings is 1. The van der Waals surface area contributed by atoms with Crippen molar-refractivity contribution in [1.29, 1.82) is 0 Å². The first kappa shape index (κ1) is 22.3. The number of amides is 1. The van der Waals surface area contributed by atoms with Crippen LogP contribution in [0.5, 0.6) is 0 Å². The number of carbonyl (C=O) groups is 1. The van der Waals surface area contributed by atoms with Crippen LogP contribution in [0.15, 0.2) is 30.5 Å². The van der Waals surface area contributed by atoms with Crippen LogP contribution >= 0.6 is 22.9 Å². The average molecular weight is 483 g/mol. The van der Waals surface area contributed by atoms with Crippen molar-refractivity contribution in [1.82, 2.24) is 29.7 Å². The Morgan fingerprint density at radius 1 is 1.31 bits per heavy atom. The van der Waals surface area contributed by atoms with Crippen molar-refractivity contribution in [2.75, 3.05) is 0 Å². The largest absolute Gasteiger partial charge is 0.433 e. The summed E-state index contributed by atoms with van der Waals surface area (Å²) >= 11 is 7.03. The highest BCUT2D eigenvalue weighted by Crippen LogP contribution is 2.35. The highest BCUT2D eigenvalue weighted by atomic mass is 35.5. The van der Waals surface area contributed by atoms with Crippen molar-refractivity contribution in [2.45, 2.75) is 39.5 Å². The molecule has 12 heteroatoms. The Morgan fingerprint density at radius 3 is 2.66 bits per heavy atom. The van der Waals surface area contributed by atoms with Crippen LogP contribution in [0.3, 0.4) is 0 Å². The standard InChI is InChI=1S/C20H18ClF3N6OS/c1-4-29-11(3)12(9-25-29)10(2)26-19(31)14-8-18-27-13(15-5-6-17(21)32-15)7-16(20(22,23)24)30(18)28-14/h5-10H,4H2,1-3H3,(H,26,31)/t10-/m1/s1. The summed E-state index contributed by atoms with van der Waals surface area (Å²) in [6.07, 6.45) is -3.04. The smallest absolute Gasteiger partial charge is 0.344 e. The zero-order valence-electron chi connectivity index (χ0n) is 17.2. The molecule has 0 aliphatic heterocycles. The predicted octanol–water partition coefficient (Wildman–Crippen LogP) is 5.15. The Hall–Kier alpha value is -2.92. The van der Waals surface area contributed by atoms with Crippen LogP contribution in [0.25, 0.3) is 16.2 Å². The van der Waals surface area contributed by atoms with Gasteiger partial charge in [0, 0.05) is 23.9 Å². The van der Waals surface area contributed by atoms with Gasteiger partial charge in [-0.05, 0) is 39.0 Å². The predicted molar refractivity (Wildman–Crippen MR) is 115 cm³/mol. The fourth-order valence-corrected chi connectivity index (χ4v) is 4.42. The van der Waals surface area contributed by atoms with Gasteiger partial charge in [0.1, 0.15) is 0 Å². The van der Waals surface area contributed by atoms with Gasteiger partial charge < -0.3 is 5.32 Å². The molecule has 0 saturated heterocycles. The minimum atomic E-state index is -4.70. The highest BCUT2D eigenvalue weighted by Gasteiger charge is 2.36. The lowest BCUT2D eigenvalue weighted by molar-refractivity contribution is -0.142. The second kappa shape index (κ2) is 8.21. The van der Waals surface area contributed by atoms with E-state index in [4.69, 9.17) is 11.6 Å². The van der Waals surface area contributed by atoms with Gasteiger partial charge in [-0.25, -0.2) is 9.50 Å². The molecule has 1 atom stereocenters. The number of carbonyl (C=O) groups excluding carboxylic acids is 1. The highest BCUT2D eigenvalue weighted by molar-refractivity contribution is 7.19. The minimum Gasteiger partial charge on any atom is -0.344 e. The molecule has 0 aliphatic carbocycles. The van der Waals surface area contributed by atoms with Crippen molar-refractivity contribution < 1.29 is 18.0 Å². The number of alkyl halides is 3. The molecule has 0 radical (unpaired) electrons. The van der Waals surface area contributed by atoms with Crippen molar-refractivity contribution in [3.8, 4) is 10.6 Å². The molecule has 0 spiro atoms. The SMILES string of the molecule is CCn1ncc([C@@H](C)NC(=O)c2cc3nc(-c4ccc(Cl)s4)cc(C(F)(F)F)n3n2)c1C. The molecule has 4 aromatic heterocycles. The lowest BCUT2D eigenvalue weighted by atomic mass is 10.1. The summed E-state index contributed by atoms with van der Waals surface area (Å²) in [5, 5.41) is 10.9. The quantitative estimate of drug-likeness (QED) is 0.427. The number of fused-ring (bicyclic) bond motifs is 1. The van der Waals surface area contributed by atoms with E-state index in [2.05, 4.69) is 20.5 Å². The number of rotatable bonds is 5. The van der Waals surface area contributed by atoms with Gasteiger partial charge in [0.05, 0.1) is 27.1 Å². The maximum Gasteiger partial charge on any atom is 0.433 e. The van der Waals surface area contributed by atoms with E-state index in [1.54, 1.807) is 29.9 Å². The Balaban J connectivity index is 1.70. The number of nitrogens with one attached hydrogen (secondary N) is 1. The maximum absolute atomic E-state index is 13.7. The fourth-order valence-electron chi connectivity index (χ4n) is 3.42. The molecule has 0 aliphatic rings. The minimum absolute atomic E-state index is 0.0906. The summed E-state index contributed by atoms with van der Waals surface area (Å²) in [7, 11) is 0. The first-order valence-electron chi connectivity index (χ1n) is 9.65. The third-order valence-electron chi connectivity index (χ3n) is 5.03. The molecule has 32 heavy (non-hydrogen) atoms. The van der Waals surface area contributed by atoms with Gasteiger partial charge in [-0.3, -0.25) is 9.48 Å². The molecule has 168 valence electrons. The first-order chi connectivity index (χ1) is 15.1. The first-order valence-corrected chi connectivity index (χ1v) is 10.8. The van der Waals surface area contributed by atoms with E-state index in [9.17, 15) is 18.0 Å². The molecule has 4 heterocycles. The second-order valence-corrected chi connectivity index (χ2v) is 8.84. The monoisotopic (exact) mass is 482 g/mol. The average Bonchev–Trinajstić information content (AvgIpc) is 3.43. The number of aromatic nitrogens is 5. The lowest BCUT2D eigenvalue weighted by Gasteiger charge is -2.13. The number of aryl methyl sites for hydroxylation is 1. The van der Waals surface area contributed by atoms with Crippen LogP contribution in [-0.2, 0) is 12.7 Å². The lowest BCUT2D eigenvalue weighted by Crippen LogP contribution is -2.27. The van der Waals surface area contributed by atoms with E-state index in [0.717, 1.165) is 28.7 Å². The fraction of sp³-hybridized carbons (Fsp3) is 0.300. The maximum atomic E-state index is 13.7. The molecule has 0 bridgehead atoms. The van der Waals surface area contributed by atoms with Crippen LogP contribution in [0.2, 0.25) is 4.34 Å². The molecule has 0 aromatic carbocycles. The van der Waals surface area contributed by atoms with Crippen LogP contribution in [-0.4, -0.2) is 30.3 Å². The molecule has 4 aromatic rings. The Bertz CT molecular complexity index is 1310. The third kappa shape index (κ3) is 4.09. The molecule has 0 saturated carbocycles. The van der Waals surface area contributed by atoms with Gasteiger partial charge >= 0.3 is 6.18 Å². The van der Waals surface area contributed by atoms with Gasteiger partial charge in [0.2, 0.25) is 0 Å². The molecule has 7 nitrogen and oxygen atoms in total. The van der Waals surface area contributed by atoms with E-state index in [1.165, 1.54) is 6.07 Å². The van der Waals surface area contributed by atoms with E-state index < -0.39 is 23.8 Å². The molecular formula is C20H18ClF3N6OS. The normalized spacial score (nSPS) is 13.0. The van der Waals surface area contributed by atoms with Crippen molar-refractivity contribution in [3.05, 3.63) is 57.4 Å². The number of hydrogen-bond acceptors (Lipinski definition) is 5. The zero-order valence-corrected chi connectivity index (χ0v) is 18.8. The summed E-state index contributed by atoms with van der Waals surface area (Å²) in [5.74, 6) is -0.611. The molecule has 0 unspecified atom stereocenters. The van der Waals surface area contributed by atoms with Gasteiger partial charge in [0.25, 0.3) is 5.91 Å². The van der Waals surface area contributed by atoms with E-state index in [-0.39, 0.29) is 17.0 Å². The summed E-state index contributed by atoms with van der Waals surface area (Å²) in [6, 6.07) is 4.90. The molecule has 1 amide bonds. The third-order valence-corrected chi connectivity index (χ3v) is 6.28. The number of hydrogen-bond donors (Lipinski definition) is 1. The summed E-state index contributed by atoms with van der Waals surface area (Å²) in [6.45, 7) is 6.29. The van der Waals surface area contributed by atoms with Gasteiger partial charge in [-0.2, -0.15) is 23.4 Å². The molecule has 4 rings (SSSR count). The second-order valence-electron chi connectivity index (χ2n) is 7.12. The molecule has 1 N–H and O–H groups in total. The van der Waals surface area contributed by atoms with Crippen molar-refractivity contribution in [2.24, 2.45) is 0 Å². The van der Waals surface area contributed by atoms with E-state index in [0.29, 0.717) is 20.3 Å². The molecular weight excluding hydrogens is 465 g/mol. The van der Waals surface area contributed by atoms with E-state index in [1.807, 2.05) is 13.8 Å². The van der Waals surface area contributed by atoms with Crippen molar-refractivity contribution >= 4 is 34.5 Å². The summed E-state index contributed by atoms with van der Waals surface area (Å²) in [5.41, 5.74) is 0.521. The van der Waals surface area contributed by atoms with Crippen LogP contribution in [0, 0.1) is 6.92 Å². The Labute approximate surface area is 189 Å². The Morgan fingerprint density at radius 2 is 2.06 bits per heavy atom. The number of halogens is 4. The zero-order chi connectivity index (χ0) is 23.2. The van der Waals surface area contributed by atoms with Gasteiger partial charge in [-0.1, -0.05) is 11.6 Å². The van der Waals surface area contributed by atoms with Crippen molar-refractivity contribution in [3.63, 3.8) is 0 Å². The van der Waals surface area contributed by atoms with Crippen LogP contribution in [0.1, 0.15) is 47.3 Å². The summed E-state index contributed by atoms with van der Waals surface area (Å²) < 4.78 is 44.0. The van der Waals surface area contributed by atoms with Gasteiger partial charge in [-0.15, -0.1) is 11.3 Å². The van der Waals surface area contributed by atoms with Gasteiger partial charge in [0.15, 0.2) is 17.0 Å². The Kier molecular flexibility index (Phi) is 5.72.